The summed E-state index contributed by atoms with van der Waals surface area (Å²) in [5.74, 6) is 0.602. The Hall–Kier alpha value is -2.58. The molecule has 142 valence electrons. The average molecular weight is 388 g/mol. The Labute approximate surface area is 157 Å². The molecule has 1 N–H and O–H groups in total. The van der Waals surface area contributed by atoms with Gasteiger partial charge in [0, 0.05) is 31.5 Å². The lowest BCUT2D eigenvalue weighted by Gasteiger charge is -2.43. The number of nitrogens with one attached hydrogen (secondary N) is 1. The largest absolute Gasteiger partial charge is 0.497 e. The second-order valence-electron chi connectivity index (χ2n) is 6.63. The van der Waals surface area contributed by atoms with Crippen molar-refractivity contribution >= 4 is 21.8 Å². The molecule has 4 rings (SSSR count). The van der Waals surface area contributed by atoms with Crippen LogP contribution in [-0.4, -0.2) is 39.0 Å². The minimum absolute atomic E-state index is 0.224. The fourth-order valence-electron chi connectivity index (χ4n) is 3.71. The van der Waals surface area contributed by atoms with E-state index in [9.17, 15) is 13.2 Å². The fraction of sp³-hybridized carbons (Fsp3) is 0.316. The zero-order valence-electron chi connectivity index (χ0n) is 14.8. The van der Waals surface area contributed by atoms with Gasteiger partial charge in [0.05, 0.1) is 17.7 Å². The van der Waals surface area contributed by atoms with Crippen molar-refractivity contribution in [2.45, 2.75) is 23.3 Å². The molecule has 1 spiro atoms. The predicted octanol–water partition coefficient (Wildman–Crippen LogP) is 2.94. The molecule has 2 aliphatic rings. The molecule has 1 saturated heterocycles. The highest BCUT2D eigenvalue weighted by atomic mass is 32.2. The van der Waals surface area contributed by atoms with Crippen LogP contribution < -0.4 is 10.1 Å². The molecule has 0 unspecified atom stereocenters. The number of fused-ring (bicyclic) bond motifs is 2. The number of benzene rings is 2. The van der Waals surface area contributed by atoms with Gasteiger partial charge in [-0.05, 0) is 30.3 Å². The number of methoxy groups -OCH3 is 1. The molecule has 0 aliphatic carbocycles. The molecule has 2 aromatic rings. The van der Waals surface area contributed by atoms with Crippen molar-refractivity contribution in [2.75, 3.05) is 25.5 Å². The molecule has 0 aromatic heterocycles. The van der Waals surface area contributed by atoms with Crippen LogP contribution in [0.15, 0.2) is 53.4 Å². The summed E-state index contributed by atoms with van der Waals surface area (Å²) in [6.07, 6.45) is 0.319. The van der Waals surface area contributed by atoms with Crippen LogP contribution in [0.1, 0.15) is 18.4 Å². The van der Waals surface area contributed by atoms with E-state index in [-0.39, 0.29) is 18.0 Å². The van der Waals surface area contributed by atoms with E-state index >= 15 is 0 Å². The summed E-state index contributed by atoms with van der Waals surface area (Å²) >= 11 is 0. The van der Waals surface area contributed by atoms with Gasteiger partial charge in [-0.3, -0.25) is 5.32 Å². The standard InChI is InChI=1S/C19H20N2O5S/c1-25-14-6-8-15(9-7-14)27(23,24)21-12-10-19(11-13-21)16-4-2-3-5-17(16)20-18(22)26-19/h2-9H,10-13H2,1H3,(H,20,22). The number of amides is 1. The third kappa shape index (κ3) is 3.04. The Bertz CT molecular complexity index is 964. The summed E-state index contributed by atoms with van der Waals surface area (Å²) in [7, 11) is -2.08. The van der Waals surface area contributed by atoms with Gasteiger partial charge >= 0.3 is 6.09 Å². The molecular weight excluding hydrogens is 368 g/mol. The molecule has 0 atom stereocenters. The topological polar surface area (TPSA) is 84.9 Å². The number of anilines is 1. The highest BCUT2D eigenvalue weighted by molar-refractivity contribution is 7.89. The molecule has 0 bridgehead atoms. The number of ether oxygens (including phenoxy) is 2. The lowest BCUT2D eigenvalue weighted by Crippen LogP contribution is -2.49. The lowest BCUT2D eigenvalue weighted by atomic mass is 9.83. The van der Waals surface area contributed by atoms with E-state index in [1.807, 2.05) is 24.3 Å². The number of carbonyl (C=O) groups excluding carboxylic acids is 1. The van der Waals surface area contributed by atoms with E-state index in [4.69, 9.17) is 9.47 Å². The quantitative estimate of drug-likeness (QED) is 0.874. The maximum Gasteiger partial charge on any atom is 0.412 e. The molecular formula is C19H20N2O5S. The van der Waals surface area contributed by atoms with Crippen molar-refractivity contribution in [1.29, 1.82) is 0 Å². The summed E-state index contributed by atoms with van der Waals surface area (Å²) < 4.78 is 38.0. The zero-order chi connectivity index (χ0) is 19.1. The van der Waals surface area contributed by atoms with E-state index in [1.54, 1.807) is 24.3 Å². The van der Waals surface area contributed by atoms with Gasteiger partial charge in [-0.1, -0.05) is 18.2 Å². The van der Waals surface area contributed by atoms with E-state index in [0.717, 1.165) is 11.3 Å². The minimum Gasteiger partial charge on any atom is -0.497 e. The Balaban J connectivity index is 1.57. The third-order valence-electron chi connectivity index (χ3n) is 5.17. The maximum atomic E-state index is 12.9. The van der Waals surface area contributed by atoms with Crippen molar-refractivity contribution in [2.24, 2.45) is 0 Å². The summed E-state index contributed by atoms with van der Waals surface area (Å²) in [6.45, 7) is 0.548. The minimum atomic E-state index is -3.61. The molecule has 27 heavy (non-hydrogen) atoms. The first-order valence-corrected chi connectivity index (χ1v) is 10.1. The van der Waals surface area contributed by atoms with Crippen molar-refractivity contribution in [1.82, 2.24) is 4.31 Å². The lowest BCUT2D eigenvalue weighted by molar-refractivity contribution is -0.0248. The molecule has 2 aromatic carbocycles. The van der Waals surface area contributed by atoms with Crippen LogP contribution in [-0.2, 0) is 20.4 Å². The number of sulfonamides is 1. The molecule has 0 saturated carbocycles. The van der Waals surface area contributed by atoms with E-state index in [0.29, 0.717) is 18.6 Å². The molecule has 7 nitrogen and oxygen atoms in total. The predicted molar refractivity (Wildman–Crippen MR) is 99.2 cm³/mol. The molecule has 2 heterocycles. The highest BCUT2D eigenvalue weighted by Gasteiger charge is 2.46. The number of piperidine rings is 1. The number of carbonyl (C=O) groups is 1. The van der Waals surface area contributed by atoms with Crippen LogP contribution in [0.25, 0.3) is 0 Å². The monoisotopic (exact) mass is 388 g/mol. The van der Waals surface area contributed by atoms with Crippen molar-refractivity contribution in [3.63, 3.8) is 0 Å². The van der Waals surface area contributed by atoms with Gasteiger partial charge in [0.25, 0.3) is 0 Å². The van der Waals surface area contributed by atoms with Gasteiger partial charge in [0.15, 0.2) is 0 Å². The Morgan fingerprint density at radius 1 is 1.07 bits per heavy atom. The van der Waals surface area contributed by atoms with Gasteiger partial charge in [0.2, 0.25) is 10.0 Å². The zero-order valence-corrected chi connectivity index (χ0v) is 15.7. The molecule has 1 amide bonds. The molecule has 8 heteroatoms. The van der Waals surface area contributed by atoms with Crippen LogP contribution >= 0.6 is 0 Å². The Kier molecular flexibility index (Phi) is 4.32. The van der Waals surface area contributed by atoms with Crippen molar-refractivity contribution in [3.05, 3.63) is 54.1 Å². The van der Waals surface area contributed by atoms with Crippen LogP contribution in [0, 0.1) is 0 Å². The van der Waals surface area contributed by atoms with Gasteiger partial charge in [0.1, 0.15) is 11.4 Å². The van der Waals surface area contributed by atoms with E-state index in [1.165, 1.54) is 11.4 Å². The number of hydrogen-bond donors (Lipinski definition) is 1. The van der Waals surface area contributed by atoms with E-state index < -0.39 is 21.7 Å². The van der Waals surface area contributed by atoms with Gasteiger partial charge < -0.3 is 9.47 Å². The average Bonchev–Trinajstić information content (AvgIpc) is 2.68. The molecule has 0 radical (unpaired) electrons. The summed E-state index contributed by atoms with van der Waals surface area (Å²) in [5, 5.41) is 2.70. The Morgan fingerprint density at radius 3 is 2.41 bits per heavy atom. The van der Waals surface area contributed by atoms with Crippen LogP contribution in [0.4, 0.5) is 10.5 Å². The first kappa shape index (κ1) is 17.8. The van der Waals surface area contributed by atoms with Crippen molar-refractivity contribution < 1.29 is 22.7 Å². The van der Waals surface area contributed by atoms with Gasteiger partial charge in [-0.25, -0.2) is 13.2 Å². The number of rotatable bonds is 3. The first-order valence-electron chi connectivity index (χ1n) is 8.68. The number of para-hydroxylation sites is 1. The van der Waals surface area contributed by atoms with Crippen molar-refractivity contribution in [3.8, 4) is 5.75 Å². The number of hydrogen-bond acceptors (Lipinski definition) is 5. The van der Waals surface area contributed by atoms with Crippen LogP contribution in [0.3, 0.4) is 0 Å². The maximum absolute atomic E-state index is 12.9. The highest BCUT2D eigenvalue weighted by Crippen LogP contribution is 2.44. The van der Waals surface area contributed by atoms with Gasteiger partial charge in [-0.2, -0.15) is 4.31 Å². The second kappa shape index (κ2) is 6.54. The van der Waals surface area contributed by atoms with Gasteiger partial charge in [-0.15, -0.1) is 0 Å². The summed E-state index contributed by atoms with van der Waals surface area (Å²) in [4.78, 5) is 12.2. The third-order valence-corrected chi connectivity index (χ3v) is 7.08. The smallest absolute Gasteiger partial charge is 0.412 e. The Morgan fingerprint density at radius 2 is 1.74 bits per heavy atom. The van der Waals surface area contributed by atoms with E-state index in [2.05, 4.69) is 5.32 Å². The molecule has 2 aliphatic heterocycles. The molecule has 1 fully saturated rings. The normalized spacial score (nSPS) is 19.1. The van der Waals surface area contributed by atoms with Crippen LogP contribution in [0.2, 0.25) is 0 Å². The van der Waals surface area contributed by atoms with Crippen LogP contribution in [0.5, 0.6) is 5.75 Å². The first-order chi connectivity index (χ1) is 12.9. The SMILES string of the molecule is COc1ccc(S(=O)(=O)N2CCC3(CC2)OC(=O)Nc2ccccc23)cc1. The summed E-state index contributed by atoms with van der Waals surface area (Å²) in [6, 6.07) is 13.8. The second-order valence-corrected chi connectivity index (χ2v) is 8.57. The number of nitrogens with zero attached hydrogens (tertiary/aromatic N) is 1. The summed E-state index contributed by atoms with van der Waals surface area (Å²) in [5.41, 5.74) is 0.830. The fourth-order valence-corrected chi connectivity index (χ4v) is 5.15.